The molecule has 4 nitrogen and oxygen atoms in total. The van der Waals surface area contributed by atoms with Gasteiger partial charge in [-0.3, -0.25) is 4.57 Å². The third kappa shape index (κ3) is 1.99. The zero-order chi connectivity index (χ0) is 12.7. The summed E-state index contributed by atoms with van der Waals surface area (Å²) in [6, 6.07) is 0. The molecule has 0 bridgehead atoms. The van der Waals surface area contributed by atoms with Crippen LogP contribution < -0.4 is 5.69 Å². The van der Waals surface area contributed by atoms with Crippen LogP contribution in [0.2, 0.25) is 0 Å². The van der Waals surface area contributed by atoms with Crippen molar-refractivity contribution in [1.82, 2.24) is 9.55 Å². The van der Waals surface area contributed by atoms with Crippen LogP contribution in [0.25, 0.3) is 0 Å². The summed E-state index contributed by atoms with van der Waals surface area (Å²) in [5.74, 6) is 0.00970. The highest BCUT2D eigenvalue weighted by Gasteiger charge is 2.38. The molecule has 0 aromatic carbocycles. The number of aromatic nitrogens is 2. The maximum absolute atomic E-state index is 13.5. The molecule has 1 aliphatic rings. The molecule has 1 aliphatic heterocycles. The Kier molecular flexibility index (Phi) is 3.03. The van der Waals surface area contributed by atoms with E-state index in [9.17, 15) is 9.18 Å². The Labute approximate surface area is 99.4 Å². The normalized spacial score (nSPS) is 33.0. The van der Waals surface area contributed by atoms with Crippen LogP contribution in [0.1, 0.15) is 32.7 Å². The lowest BCUT2D eigenvalue weighted by atomic mass is 9.93. The Hall–Kier alpha value is -1.23. The van der Waals surface area contributed by atoms with Crippen LogP contribution >= 0.6 is 0 Å². The van der Waals surface area contributed by atoms with E-state index in [-0.39, 0.29) is 17.7 Å². The second-order valence-electron chi connectivity index (χ2n) is 4.81. The number of rotatable bonds is 1. The lowest BCUT2D eigenvalue weighted by molar-refractivity contribution is -0.00818. The molecular formula is C12H17FN2O2. The number of aryl methyl sites for hydroxylation is 1. The largest absolute Gasteiger partial charge is 0.354 e. The monoisotopic (exact) mass is 240 g/mol. The third-order valence-electron chi connectivity index (χ3n) is 3.73. The molecule has 4 unspecified atom stereocenters. The Balaban J connectivity index is 2.42. The average Bonchev–Trinajstić information content (AvgIpc) is 2.51. The maximum Gasteiger partial charge on any atom is 0.350 e. The number of halogens is 1. The van der Waals surface area contributed by atoms with Gasteiger partial charge in [0.25, 0.3) is 0 Å². The summed E-state index contributed by atoms with van der Waals surface area (Å²) in [5, 5.41) is 0. The second-order valence-corrected chi connectivity index (χ2v) is 4.81. The van der Waals surface area contributed by atoms with Gasteiger partial charge in [0.2, 0.25) is 0 Å². The molecule has 1 saturated heterocycles. The van der Waals surface area contributed by atoms with Crippen molar-refractivity contribution in [3.63, 3.8) is 0 Å². The zero-order valence-electron chi connectivity index (χ0n) is 10.5. The maximum atomic E-state index is 13.5. The molecule has 0 N–H and O–H groups in total. The van der Waals surface area contributed by atoms with Gasteiger partial charge in [-0.05, 0) is 19.8 Å². The minimum Gasteiger partial charge on any atom is -0.354 e. The number of hydrogen-bond donors (Lipinski definition) is 0. The van der Waals surface area contributed by atoms with Gasteiger partial charge in [-0.15, -0.1) is 0 Å². The van der Waals surface area contributed by atoms with Crippen LogP contribution in [0.3, 0.4) is 0 Å². The summed E-state index contributed by atoms with van der Waals surface area (Å²) >= 11 is 0. The summed E-state index contributed by atoms with van der Waals surface area (Å²) in [6.45, 7) is 7.51. The minimum atomic E-state index is -0.479. The van der Waals surface area contributed by atoms with Crippen LogP contribution in [-0.2, 0) is 4.74 Å². The molecule has 0 saturated carbocycles. The molecule has 94 valence electrons. The summed E-state index contributed by atoms with van der Waals surface area (Å²) in [5.41, 5.74) is -0.333. The van der Waals surface area contributed by atoms with E-state index < -0.39 is 17.7 Å². The summed E-state index contributed by atoms with van der Waals surface area (Å²) in [7, 11) is 0. The van der Waals surface area contributed by atoms with Gasteiger partial charge in [0.1, 0.15) is 6.23 Å². The van der Waals surface area contributed by atoms with Gasteiger partial charge in [-0.1, -0.05) is 13.8 Å². The van der Waals surface area contributed by atoms with Crippen molar-refractivity contribution in [2.75, 3.05) is 0 Å². The molecule has 0 radical (unpaired) electrons. The lowest BCUT2D eigenvalue weighted by Gasteiger charge is -2.18. The van der Waals surface area contributed by atoms with Crippen LogP contribution in [-0.4, -0.2) is 15.7 Å². The van der Waals surface area contributed by atoms with E-state index in [0.29, 0.717) is 5.92 Å². The standard InChI is InChI=1S/C12H17FN2O2/c1-6-7(2)11(17-9(6)4)15-5-10(13)8(3)14-12(15)16/h5-7,9,11H,1-4H3. The van der Waals surface area contributed by atoms with E-state index in [1.54, 1.807) is 0 Å². The van der Waals surface area contributed by atoms with E-state index in [4.69, 9.17) is 4.74 Å². The van der Waals surface area contributed by atoms with Crippen LogP contribution in [0.15, 0.2) is 11.0 Å². The molecule has 2 heterocycles. The number of ether oxygens (including phenoxy) is 1. The van der Waals surface area contributed by atoms with E-state index in [2.05, 4.69) is 11.9 Å². The van der Waals surface area contributed by atoms with Crippen molar-refractivity contribution in [2.24, 2.45) is 11.8 Å². The summed E-state index contributed by atoms with van der Waals surface area (Å²) in [6.07, 6.45) is 0.831. The van der Waals surface area contributed by atoms with Crippen LogP contribution in [0.5, 0.6) is 0 Å². The van der Waals surface area contributed by atoms with Crippen molar-refractivity contribution in [2.45, 2.75) is 40.0 Å². The number of hydrogen-bond acceptors (Lipinski definition) is 3. The van der Waals surface area contributed by atoms with Crippen molar-refractivity contribution >= 4 is 0 Å². The van der Waals surface area contributed by atoms with E-state index in [1.165, 1.54) is 17.7 Å². The molecule has 0 aliphatic carbocycles. The fourth-order valence-corrected chi connectivity index (χ4v) is 2.18. The Morgan fingerprint density at radius 2 is 2.00 bits per heavy atom. The molecule has 0 spiro atoms. The Morgan fingerprint density at radius 1 is 1.35 bits per heavy atom. The zero-order valence-corrected chi connectivity index (χ0v) is 10.5. The van der Waals surface area contributed by atoms with Gasteiger partial charge >= 0.3 is 5.69 Å². The molecule has 1 aromatic heterocycles. The van der Waals surface area contributed by atoms with E-state index >= 15 is 0 Å². The fourth-order valence-electron chi connectivity index (χ4n) is 2.18. The van der Waals surface area contributed by atoms with Gasteiger partial charge in [0, 0.05) is 12.1 Å². The van der Waals surface area contributed by atoms with Crippen molar-refractivity contribution < 1.29 is 9.13 Å². The highest BCUT2D eigenvalue weighted by molar-refractivity contribution is 5.01. The van der Waals surface area contributed by atoms with Crippen molar-refractivity contribution in [3.05, 3.63) is 28.2 Å². The first-order chi connectivity index (χ1) is 7.91. The first-order valence-corrected chi connectivity index (χ1v) is 5.82. The molecule has 4 atom stereocenters. The molecule has 5 heteroatoms. The molecule has 0 amide bonds. The van der Waals surface area contributed by atoms with Crippen molar-refractivity contribution in [3.8, 4) is 0 Å². The van der Waals surface area contributed by atoms with Crippen LogP contribution in [0, 0.1) is 24.6 Å². The molecule has 1 aromatic rings. The number of nitrogens with zero attached hydrogens (tertiary/aromatic N) is 2. The SMILES string of the molecule is Cc1nc(=O)n(C2OC(C)C(C)C2C)cc1F. The predicted molar refractivity (Wildman–Crippen MR) is 61.1 cm³/mol. The van der Waals surface area contributed by atoms with Gasteiger partial charge in [0.15, 0.2) is 5.82 Å². The highest BCUT2D eigenvalue weighted by Crippen LogP contribution is 2.37. The molecule has 1 fully saturated rings. The highest BCUT2D eigenvalue weighted by atomic mass is 19.1. The fraction of sp³-hybridized carbons (Fsp3) is 0.667. The lowest BCUT2D eigenvalue weighted by Crippen LogP contribution is -2.30. The van der Waals surface area contributed by atoms with Gasteiger partial charge in [-0.25, -0.2) is 9.18 Å². The summed E-state index contributed by atoms with van der Waals surface area (Å²) < 4.78 is 20.4. The van der Waals surface area contributed by atoms with Gasteiger partial charge in [0.05, 0.1) is 11.8 Å². The summed E-state index contributed by atoms with van der Waals surface area (Å²) in [4.78, 5) is 15.4. The topological polar surface area (TPSA) is 44.1 Å². The van der Waals surface area contributed by atoms with E-state index in [1.807, 2.05) is 13.8 Å². The van der Waals surface area contributed by atoms with Gasteiger partial charge < -0.3 is 4.74 Å². The van der Waals surface area contributed by atoms with Gasteiger partial charge in [-0.2, -0.15) is 4.98 Å². The first-order valence-electron chi connectivity index (χ1n) is 5.82. The minimum absolute atomic E-state index is 0.0614. The van der Waals surface area contributed by atoms with Crippen LogP contribution in [0.4, 0.5) is 4.39 Å². The first kappa shape index (κ1) is 12.2. The Bertz CT molecular complexity index is 486. The average molecular weight is 240 g/mol. The second kappa shape index (κ2) is 4.22. The Morgan fingerprint density at radius 3 is 2.53 bits per heavy atom. The molecule has 17 heavy (non-hydrogen) atoms. The molecular weight excluding hydrogens is 223 g/mol. The van der Waals surface area contributed by atoms with Crippen molar-refractivity contribution in [1.29, 1.82) is 0 Å². The molecule has 2 rings (SSSR count). The van der Waals surface area contributed by atoms with E-state index in [0.717, 1.165) is 0 Å². The third-order valence-corrected chi connectivity index (χ3v) is 3.73. The smallest absolute Gasteiger partial charge is 0.350 e. The predicted octanol–water partition coefficient (Wildman–Crippen LogP) is 1.88. The quantitative estimate of drug-likeness (QED) is 0.752.